The topological polar surface area (TPSA) is 78.8 Å². The Kier molecular flexibility index (Phi) is 7.37. The van der Waals surface area contributed by atoms with Gasteiger partial charge in [0.25, 0.3) is 15.9 Å². The van der Waals surface area contributed by atoms with Gasteiger partial charge >= 0.3 is 0 Å². The van der Waals surface area contributed by atoms with Gasteiger partial charge in [0.05, 0.1) is 16.3 Å². The molecule has 166 valence electrons. The van der Waals surface area contributed by atoms with Crippen molar-refractivity contribution in [3.8, 4) is 0 Å². The summed E-state index contributed by atoms with van der Waals surface area (Å²) >= 11 is 0. The van der Waals surface area contributed by atoms with E-state index in [4.69, 9.17) is 0 Å². The molecule has 0 aromatic heterocycles. The average Bonchev–Trinajstić information content (AvgIpc) is 2.82. The number of hydrogen-bond acceptors (Lipinski definition) is 4. The van der Waals surface area contributed by atoms with Crippen LogP contribution in [-0.4, -0.2) is 26.6 Å². The van der Waals surface area contributed by atoms with Gasteiger partial charge in [-0.3, -0.25) is 9.10 Å². The molecule has 1 N–H and O–H groups in total. The van der Waals surface area contributed by atoms with Crippen molar-refractivity contribution in [3.05, 3.63) is 95.8 Å². The van der Waals surface area contributed by atoms with Crippen molar-refractivity contribution < 1.29 is 17.6 Å². The fourth-order valence-electron chi connectivity index (χ4n) is 3.14. The number of nitrogens with zero attached hydrogens (tertiary/aromatic N) is 2. The smallest absolute Gasteiger partial charge is 0.264 e. The normalized spacial score (nSPS) is 11.8. The summed E-state index contributed by atoms with van der Waals surface area (Å²) in [5, 5.41) is 4.04. The molecular formula is C24H24FN3O3S. The largest absolute Gasteiger partial charge is 0.271 e. The fraction of sp³-hybridized carbons (Fsp3) is 0.167. The summed E-state index contributed by atoms with van der Waals surface area (Å²) in [6, 6.07) is 20.7. The van der Waals surface area contributed by atoms with Crippen LogP contribution < -0.4 is 9.73 Å². The summed E-state index contributed by atoms with van der Waals surface area (Å²) < 4.78 is 41.0. The number of para-hydroxylation sites is 1. The number of amides is 1. The highest BCUT2D eigenvalue weighted by Gasteiger charge is 2.28. The molecule has 0 aliphatic heterocycles. The van der Waals surface area contributed by atoms with Crippen LogP contribution in [0.15, 0.2) is 88.9 Å². The molecule has 0 spiro atoms. The zero-order chi connectivity index (χ0) is 23.1. The number of rotatable bonds is 8. The summed E-state index contributed by atoms with van der Waals surface area (Å²) in [5.74, 6) is -0.973. The molecule has 0 radical (unpaired) electrons. The maximum Gasteiger partial charge on any atom is 0.264 e. The summed E-state index contributed by atoms with van der Waals surface area (Å²) in [7, 11) is -3.99. The molecule has 0 bridgehead atoms. The van der Waals surface area contributed by atoms with Crippen LogP contribution in [0.2, 0.25) is 0 Å². The highest BCUT2D eigenvalue weighted by atomic mass is 32.2. The van der Waals surface area contributed by atoms with Gasteiger partial charge in [0.1, 0.15) is 12.4 Å². The second-order valence-electron chi connectivity index (χ2n) is 7.05. The van der Waals surface area contributed by atoms with E-state index in [9.17, 15) is 17.6 Å². The minimum absolute atomic E-state index is 0.0877. The number of carbonyl (C=O) groups is 1. The molecule has 0 saturated carbocycles. The van der Waals surface area contributed by atoms with E-state index in [2.05, 4.69) is 10.5 Å². The third-order valence-corrected chi connectivity index (χ3v) is 6.64. The monoisotopic (exact) mass is 453 g/mol. The molecule has 8 heteroatoms. The molecule has 0 heterocycles. The van der Waals surface area contributed by atoms with Crippen molar-refractivity contribution in [1.29, 1.82) is 0 Å². The van der Waals surface area contributed by atoms with Gasteiger partial charge in [0.15, 0.2) is 0 Å². The van der Waals surface area contributed by atoms with Crippen molar-refractivity contribution in [3.63, 3.8) is 0 Å². The minimum atomic E-state index is -3.99. The van der Waals surface area contributed by atoms with E-state index in [0.29, 0.717) is 23.4 Å². The van der Waals surface area contributed by atoms with Crippen LogP contribution in [0.1, 0.15) is 25.0 Å². The van der Waals surface area contributed by atoms with E-state index in [1.807, 2.05) is 19.1 Å². The van der Waals surface area contributed by atoms with E-state index in [-0.39, 0.29) is 10.7 Å². The van der Waals surface area contributed by atoms with Gasteiger partial charge in [-0.1, -0.05) is 55.5 Å². The second-order valence-corrected chi connectivity index (χ2v) is 8.91. The van der Waals surface area contributed by atoms with Crippen molar-refractivity contribution >= 4 is 27.3 Å². The maximum absolute atomic E-state index is 13.4. The Morgan fingerprint density at radius 2 is 1.59 bits per heavy atom. The van der Waals surface area contributed by atoms with Gasteiger partial charge in [-0.15, -0.1) is 0 Å². The lowest BCUT2D eigenvalue weighted by molar-refractivity contribution is -0.119. The Morgan fingerprint density at radius 3 is 2.25 bits per heavy atom. The number of sulfonamides is 1. The Bertz CT molecular complexity index is 1210. The lowest BCUT2D eigenvalue weighted by atomic mass is 10.1. The number of anilines is 1. The molecule has 3 rings (SSSR count). The molecule has 0 aliphatic carbocycles. The number of aryl methyl sites for hydroxylation is 1. The van der Waals surface area contributed by atoms with Gasteiger partial charge in [0.2, 0.25) is 0 Å². The van der Waals surface area contributed by atoms with Gasteiger partial charge in [-0.25, -0.2) is 18.2 Å². The standard InChI is InChI=1S/C24H24FN3O3S/c1-3-19-9-7-8-12-23(19)28(32(30,31)22-10-5-4-6-11-22)17-24(29)27-26-18(2)20-13-15-21(25)16-14-20/h4-16H,3,17H2,1-2H3,(H,27,29)/b26-18-. The molecule has 3 aromatic rings. The molecule has 0 atom stereocenters. The number of halogens is 1. The molecule has 0 fully saturated rings. The molecule has 0 saturated heterocycles. The Morgan fingerprint density at radius 1 is 0.969 bits per heavy atom. The van der Waals surface area contributed by atoms with Crippen molar-refractivity contribution in [2.45, 2.75) is 25.2 Å². The highest BCUT2D eigenvalue weighted by molar-refractivity contribution is 7.92. The predicted molar refractivity (Wildman–Crippen MR) is 124 cm³/mol. The Labute approximate surface area is 187 Å². The molecule has 1 amide bonds. The number of hydrogen-bond donors (Lipinski definition) is 1. The van der Waals surface area contributed by atoms with E-state index in [0.717, 1.165) is 9.87 Å². The quantitative estimate of drug-likeness (QED) is 0.412. The van der Waals surface area contributed by atoms with E-state index >= 15 is 0 Å². The maximum atomic E-state index is 13.4. The van der Waals surface area contributed by atoms with Gasteiger partial charge < -0.3 is 0 Å². The van der Waals surface area contributed by atoms with Crippen LogP contribution in [0.4, 0.5) is 10.1 Å². The zero-order valence-electron chi connectivity index (χ0n) is 17.8. The van der Waals surface area contributed by atoms with E-state index in [1.165, 1.54) is 24.3 Å². The summed E-state index contributed by atoms with van der Waals surface area (Å²) in [4.78, 5) is 12.8. The molecule has 3 aromatic carbocycles. The zero-order valence-corrected chi connectivity index (χ0v) is 18.6. The highest BCUT2D eigenvalue weighted by Crippen LogP contribution is 2.27. The SMILES string of the molecule is CCc1ccccc1N(CC(=O)N/N=C(/C)c1ccc(F)cc1)S(=O)(=O)c1ccccc1. The molecule has 32 heavy (non-hydrogen) atoms. The van der Waals surface area contributed by atoms with Crippen LogP contribution in [-0.2, 0) is 21.2 Å². The van der Waals surface area contributed by atoms with Crippen LogP contribution in [0.3, 0.4) is 0 Å². The minimum Gasteiger partial charge on any atom is -0.271 e. The molecule has 0 unspecified atom stereocenters. The summed E-state index contributed by atoms with van der Waals surface area (Å²) in [6.07, 6.45) is 0.598. The van der Waals surface area contributed by atoms with E-state index in [1.54, 1.807) is 49.4 Å². The predicted octanol–water partition coefficient (Wildman–Crippen LogP) is 4.12. The van der Waals surface area contributed by atoms with Gasteiger partial charge in [0, 0.05) is 0 Å². The molecule has 6 nitrogen and oxygen atoms in total. The molecular weight excluding hydrogens is 429 g/mol. The first-order valence-electron chi connectivity index (χ1n) is 10.1. The van der Waals surface area contributed by atoms with E-state index < -0.39 is 22.5 Å². The first-order chi connectivity index (χ1) is 15.3. The summed E-state index contributed by atoms with van der Waals surface area (Å²) in [6.45, 7) is 3.13. The van der Waals surface area contributed by atoms with Crippen LogP contribution in [0, 0.1) is 5.82 Å². The van der Waals surface area contributed by atoms with Crippen molar-refractivity contribution in [2.24, 2.45) is 5.10 Å². The van der Waals surface area contributed by atoms with Crippen LogP contribution in [0.25, 0.3) is 0 Å². The Balaban J connectivity index is 1.90. The van der Waals surface area contributed by atoms with Gasteiger partial charge in [-0.2, -0.15) is 5.10 Å². The number of carbonyl (C=O) groups excluding carboxylic acids is 1. The molecule has 0 aliphatic rings. The summed E-state index contributed by atoms with van der Waals surface area (Å²) in [5.41, 5.74) is 4.74. The third-order valence-electron chi connectivity index (χ3n) is 4.87. The fourth-order valence-corrected chi connectivity index (χ4v) is 4.62. The number of nitrogens with one attached hydrogen (secondary N) is 1. The second kappa shape index (κ2) is 10.2. The van der Waals surface area contributed by atoms with Crippen molar-refractivity contribution in [2.75, 3.05) is 10.8 Å². The lowest BCUT2D eigenvalue weighted by Crippen LogP contribution is -2.40. The number of hydrazone groups is 1. The first kappa shape index (κ1) is 23.1. The Hall–Kier alpha value is -3.52. The lowest BCUT2D eigenvalue weighted by Gasteiger charge is -2.25. The average molecular weight is 454 g/mol. The number of benzene rings is 3. The first-order valence-corrected chi connectivity index (χ1v) is 11.5. The van der Waals surface area contributed by atoms with Crippen molar-refractivity contribution in [1.82, 2.24) is 5.43 Å². The van der Waals surface area contributed by atoms with Crippen LogP contribution in [0.5, 0.6) is 0 Å². The third kappa shape index (κ3) is 5.39. The van der Waals surface area contributed by atoms with Gasteiger partial charge in [-0.05, 0) is 54.8 Å². The van der Waals surface area contributed by atoms with Crippen LogP contribution >= 0.6 is 0 Å².